The number of allylic oxidation sites excluding steroid dienone is 2. The monoisotopic (exact) mass is 252 g/mol. The predicted molar refractivity (Wildman–Crippen MR) is 67.8 cm³/mol. The minimum Gasteiger partial charge on any atom is -0.487 e. The van der Waals surface area contributed by atoms with Gasteiger partial charge in [-0.15, -0.1) is 0 Å². The van der Waals surface area contributed by atoms with Crippen molar-refractivity contribution in [3.8, 4) is 0 Å². The standard InChI is InChI=1S/C14H20O4/c1-9-6-12(15)7-10(2)14(9,4)18-11(3)8-13(16)17-5/h6,8,10H,7H2,1-5H3/b11-8-/t10-,14-/m1/s1. The van der Waals surface area contributed by atoms with Gasteiger partial charge in [0.15, 0.2) is 5.78 Å². The molecule has 4 nitrogen and oxygen atoms in total. The lowest BCUT2D eigenvalue weighted by molar-refractivity contribution is -0.135. The number of carbonyl (C=O) groups excluding carboxylic acids is 2. The van der Waals surface area contributed by atoms with Crippen molar-refractivity contribution in [2.24, 2.45) is 5.92 Å². The van der Waals surface area contributed by atoms with Crippen molar-refractivity contribution in [3.63, 3.8) is 0 Å². The van der Waals surface area contributed by atoms with Crippen LogP contribution in [0, 0.1) is 5.92 Å². The highest BCUT2D eigenvalue weighted by Gasteiger charge is 2.39. The Balaban J connectivity index is 2.93. The Bertz CT molecular complexity index is 420. The van der Waals surface area contributed by atoms with Gasteiger partial charge in [0.1, 0.15) is 11.4 Å². The minimum atomic E-state index is -0.553. The lowest BCUT2D eigenvalue weighted by atomic mass is 9.76. The van der Waals surface area contributed by atoms with Crippen molar-refractivity contribution in [3.05, 3.63) is 23.5 Å². The molecular formula is C14H20O4. The summed E-state index contributed by atoms with van der Waals surface area (Å²) in [6.45, 7) is 7.49. The highest BCUT2D eigenvalue weighted by molar-refractivity contribution is 5.92. The lowest BCUT2D eigenvalue weighted by Crippen LogP contribution is -2.41. The highest BCUT2D eigenvalue weighted by Crippen LogP contribution is 2.37. The molecule has 0 saturated heterocycles. The molecule has 0 aromatic heterocycles. The van der Waals surface area contributed by atoms with Gasteiger partial charge in [0.25, 0.3) is 0 Å². The van der Waals surface area contributed by atoms with E-state index in [1.165, 1.54) is 13.2 Å². The minimum absolute atomic E-state index is 0.0657. The van der Waals surface area contributed by atoms with E-state index >= 15 is 0 Å². The summed E-state index contributed by atoms with van der Waals surface area (Å²) in [5.41, 5.74) is 0.326. The Hall–Kier alpha value is -1.58. The van der Waals surface area contributed by atoms with Crippen LogP contribution in [0.15, 0.2) is 23.5 Å². The van der Waals surface area contributed by atoms with E-state index in [2.05, 4.69) is 4.74 Å². The Morgan fingerprint density at radius 2 is 2.17 bits per heavy atom. The van der Waals surface area contributed by atoms with Crippen molar-refractivity contribution in [1.29, 1.82) is 0 Å². The Morgan fingerprint density at radius 3 is 2.67 bits per heavy atom. The summed E-state index contributed by atoms with van der Waals surface area (Å²) in [7, 11) is 1.32. The normalized spacial score (nSPS) is 28.7. The summed E-state index contributed by atoms with van der Waals surface area (Å²) < 4.78 is 10.4. The molecule has 0 unspecified atom stereocenters. The molecule has 0 aromatic rings. The summed E-state index contributed by atoms with van der Waals surface area (Å²) in [6.07, 6.45) is 3.38. The van der Waals surface area contributed by atoms with Crippen LogP contribution in [0.5, 0.6) is 0 Å². The zero-order valence-corrected chi connectivity index (χ0v) is 11.6. The fraction of sp³-hybridized carbons (Fsp3) is 0.571. The van der Waals surface area contributed by atoms with Gasteiger partial charge < -0.3 is 9.47 Å². The number of hydrogen-bond donors (Lipinski definition) is 0. The van der Waals surface area contributed by atoms with Crippen molar-refractivity contribution >= 4 is 11.8 Å². The van der Waals surface area contributed by atoms with E-state index in [1.807, 2.05) is 20.8 Å². The summed E-state index contributed by atoms with van der Waals surface area (Å²) in [5.74, 6) is 0.224. The van der Waals surface area contributed by atoms with E-state index in [0.717, 1.165) is 5.57 Å². The molecule has 0 N–H and O–H groups in total. The SMILES string of the molecule is COC(=O)/C=C(/C)O[C@]1(C)C(C)=CC(=O)C[C@H]1C. The number of methoxy groups -OCH3 is 1. The molecule has 0 spiro atoms. The molecule has 0 heterocycles. The molecule has 1 aliphatic carbocycles. The molecule has 0 bridgehead atoms. The summed E-state index contributed by atoms with van der Waals surface area (Å²) in [5, 5.41) is 0. The van der Waals surface area contributed by atoms with Crippen molar-refractivity contribution in [1.82, 2.24) is 0 Å². The first-order valence-corrected chi connectivity index (χ1v) is 5.96. The van der Waals surface area contributed by atoms with Gasteiger partial charge in [0.2, 0.25) is 0 Å². The maximum absolute atomic E-state index is 11.5. The van der Waals surface area contributed by atoms with E-state index < -0.39 is 11.6 Å². The van der Waals surface area contributed by atoms with Gasteiger partial charge in [-0.25, -0.2) is 4.79 Å². The zero-order valence-electron chi connectivity index (χ0n) is 11.6. The summed E-state index contributed by atoms with van der Waals surface area (Å²) in [6, 6.07) is 0. The third-order valence-corrected chi connectivity index (χ3v) is 3.50. The quantitative estimate of drug-likeness (QED) is 0.439. The molecule has 0 radical (unpaired) electrons. The van der Waals surface area contributed by atoms with Gasteiger partial charge in [0, 0.05) is 12.3 Å². The van der Waals surface area contributed by atoms with Gasteiger partial charge >= 0.3 is 5.97 Å². The molecule has 2 atom stereocenters. The summed E-state index contributed by atoms with van der Waals surface area (Å²) in [4.78, 5) is 22.6. The third-order valence-electron chi connectivity index (χ3n) is 3.50. The Labute approximate surface area is 108 Å². The molecule has 0 aliphatic heterocycles. The largest absolute Gasteiger partial charge is 0.487 e. The molecule has 1 aliphatic rings. The first-order chi connectivity index (χ1) is 8.29. The van der Waals surface area contributed by atoms with Crippen LogP contribution in [-0.4, -0.2) is 24.5 Å². The highest BCUT2D eigenvalue weighted by atomic mass is 16.5. The van der Waals surface area contributed by atoms with E-state index in [4.69, 9.17) is 4.74 Å². The number of carbonyl (C=O) groups is 2. The van der Waals surface area contributed by atoms with E-state index in [0.29, 0.717) is 12.2 Å². The Morgan fingerprint density at radius 1 is 1.56 bits per heavy atom. The summed E-state index contributed by atoms with van der Waals surface area (Å²) >= 11 is 0. The van der Waals surface area contributed by atoms with Crippen LogP contribution in [0.3, 0.4) is 0 Å². The van der Waals surface area contributed by atoms with Gasteiger partial charge in [0.05, 0.1) is 13.2 Å². The van der Waals surface area contributed by atoms with Crippen molar-refractivity contribution in [2.45, 2.75) is 39.7 Å². The molecule has 0 aromatic carbocycles. The van der Waals surface area contributed by atoms with Crippen LogP contribution in [-0.2, 0) is 19.1 Å². The van der Waals surface area contributed by atoms with Gasteiger partial charge in [-0.1, -0.05) is 6.92 Å². The number of rotatable bonds is 3. The number of ketones is 1. The molecule has 100 valence electrons. The van der Waals surface area contributed by atoms with Crippen LogP contribution in [0.2, 0.25) is 0 Å². The second kappa shape index (κ2) is 5.38. The second-order valence-corrected chi connectivity index (χ2v) is 4.89. The number of ether oxygens (including phenoxy) is 2. The van der Waals surface area contributed by atoms with E-state index in [-0.39, 0.29) is 11.7 Å². The number of hydrogen-bond acceptors (Lipinski definition) is 4. The first kappa shape index (κ1) is 14.5. The lowest BCUT2D eigenvalue weighted by Gasteiger charge is -2.39. The van der Waals surface area contributed by atoms with E-state index in [9.17, 15) is 9.59 Å². The van der Waals surface area contributed by atoms with Crippen LogP contribution in [0.1, 0.15) is 34.1 Å². The maximum Gasteiger partial charge on any atom is 0.333 e. The van der Waals surface area contributed by atoms with Gasteiger partial charge in [-0.3, -0.25) is 4.79 Å². The zero-order chi connectivity index (χ0) is 13.9. The van der Waals surface area contributed by atoms with Crippen molar-refractivity contribution < 1.29 is 19.1 Å². The molecule has 0 saturated carbocycles. The molecule has 1 rings (SSSR count). The average molecular weight is 252 g/mol. The first-order valence-electron chi connectivity index (χ1n) is 5.96. The van der Waals surface area contributed by atoms with Crippen molar-refractivity contribution in [2.75, 3.05) is 7.11 Å². The maximum atomic E-state index is 11.5. The smallest absolute Gasteiger partial charge is 0.333 e. The Kier molecular flexibility index (Phi) is 4.33. The molecular weight excluding hydrogens is 232 g/mol. The fourth-order valence-electron chi connectivity index (χ4n) is 2.10. The third kappa shape index (κ3) is 3.00. The van der Waals surface area contributed by atoms with Gasteiger partial charge in [-0.05, 0) is 32.4 Å². The molecule has 18 heavy (non-hydrogen) atoms. The van der Waals surface area contributed by atoms with Crippen LogP contribution in [0.4, 0.5) is 0 Å². The van der Waals surface area contributed by atoms with Crippen LogP contribution in [0.25, 0.3) is 0 Å². The number of esters is 1. The molecule has 4 heteroatoms. The van der Waals surface area contributed by atoms with Gasteiger partial charge in [-0.2, -0.15) is 0 Å². The predicted octanol–water partition coefficient (Wildman–Crippen LogP) is 2.39. The average Bonchev–Trinajstić information content (AvgIpc) is 2.26. The van der Waals surface area contributed by atoms with Crippen LogP contribution < -0.4 is 0 Å². The molecule has 0 amide bonds. The topological polar surface area (TPSA) is 52.6 Å². The van der Waals surface area contributed by atoms with E-state index in [1.54, 1.807) is 13.0 Å². The fourth-order valence-corrected chi connectivity index (χ4v) is 2.10. The second-order valence-electron chi connectivity index (χ2n) is 4.89. The van der Waals surface area contributed by atoms with Crippen LogP contribution >= 0.6 is 0 Å². The molecule has 0 fully saturated rings.